The molecule has 1 aromatic carbocycles. The van der Waals surface area contributed by atoms with Crippen LogP contribution in [-0.2, 0) is 4.79 Å². The average Bonchev–Trinajstić information content (AvgIpc) is 2.19. The number of amides is 1. The second kappa shape index (κ2) is 4.64. The molecule has 0 unspecified atom stereocenters. The van der Waals surface area contributed by atoms with Gasteiger partial charge in [-0.15, -0.1) is 0 Å². The third kappa shape index (κ3) is 2.87. The van der Waals surface area contributed by atoms with E-state index in [1.807, 2.05) is 6.07 Å². The van der Waals surface area contributed by atoms with Crippen LogP contribution in [0.2, 0.25) is 0 Å². The van der Waals surface area contributed by atoms with Gasteiger partial charge in [-0.25, -0.2) is 0 Å². The predicted octanol–water partition coefficient (Wildman–Crippen LogP) is 1.76. The van der Waals surface area contributed by atoms with Crippen molar-refractivity contribution < 1.29 is 4.79 Å². The molecule has 0 bridgehead atoms. The highest BCUT2D eigenvalue weighted by molar-refractivity contribution is 6.59. The maximum Gasteiger partial charge on any atom is 0.262 e. The van der Waals surface area contributed by atoms with Crippen molar-refractivity contribution in [3.8, 4) is 0 Å². The normalized spacial score (nSPS) is 11.1. The topological polar surface area (TPSA) is 55.1 Å². The van der Waals surface area contributed by atoms with E-state index in [2.05, 4.69) is 5.32 Å². The Hall–Kier alpha value is -0.770. The Morgan fingerprint density at radius 1 is 1.36 bits per heavy atom. The fourth-order valence-corrected chi connectivity index (χ4v) is 0.931. The van der Waals surface area contributed by atoms with Crippen molar-refractivity contribution in [1.29, 1.82) is 0 Å². The molecule has 1 rings (SSSR count). The summed E-state index contributed by atoms with van der Waals surface area (Å²) in [5.74, 6) is -0.519. The first-order valence-electron chi connectivity index (χ1n) is 4.00. The highest BCUT2D eigenvalue weighted by Gasteiger charge is 2.31. The molecule has 1 aromatic rings. The molecular formula is C9H10Cl2N2O. The fourth-order valence-electron chi connectivity index (χ4n) is 0.837. The Labute approximate surface area is 92.2 Å². The average molecular weight is 233 g/mol. The van der Waals surface area contributed by atoms with Crippen molar-refractivity contribution in [2.45, 2.75) is 4.33 Å². The zero-order valence-corrected chi connectivity index (χ0v) is 8.85. The minimum atomic E-state index is -1.57. The van der Waals surface area contributed by atoms with E-state index in [4.69, 9.17) is 28.9 Å². The number of carbonyl (C=O) groups excluding carboxylic acids is 1. The first kappa shape index (κ1) is 11.3. The van der Waals surface area contributed by atoms with Crippen molar-refractivity contribution in [2.75, 3.05) is 11.9 Å². The van der Waals surface area contributed by atoms with E-state index < -0.39 is 10.2 Å². The predicted molar refractivity (Wildman–Crippen MR) is 58.6 cm³/mol. The third-order valence-corrected chi connectivity index (χ3v) is 2.27. The lowest BCUT2D eigenvalue weighted by atomic mass is 10.3. The molecule has 5 heteroatoms. The maximum absolute atomic E-state index is 11.4. The number of rotatable bonds is 3. The quantitative estimate of drug-likeness (QED) is 0.781. The van der Waals surface area contributed by atoms with E-state index in [9.17, 15) is 4.79 Å². The minimum absolute atomic E-state index is 0.130. The Kier molecular flexibility index (Phi) is 3.75. The van der Waals surface area contributed by atoms with E-state index in [0.29, 0.717) is 5.69 Å². The molecule has 0 aliphatic carbocycles. The molecule has 1 amide bonds. The number of hydrogen-bond donors (Lipinski definition) is 2. The highest BCUT2D eigenvalue weighted by Crippen LogP contribution is 2.21. The van der Waals surface area contributed by atoms with Gasteiger partial charge in [0, 0.05) is 12.2 Å². The number of halogens is 2. The molecule has 0 heterocycles. The van der Waals surface area contributed by atoms with Gasteiger partial charge < -0.3 is 11.1 Å². The van der Waals surface area contributed by atoms with Gasteiger partial charge in [0.2, 0.25) is 4.33 Å². The summed E-state index contributed by atoms with van der Waals surface area (Å²) < 4.78 is -1.57. The zero-order chi connectivity index (χ0) is 10.6. The van der Waals surface area contributed by atoms with Crippen molar-refractivity contribution in [3.63, 3.8) is 0 Å². The SMILES string of the molecule is NCC(Cl)(Cl)C(=O)Nc1ccccc1. The summed E-state index contributed by atoms with van der Waals surface area (Å²) in [5.41, 5.74) is 5.87. The van der Waals surface area contributed by atoms with Crippen LogP contribution in [0.15, 0.2) is 30.3 Å². The molecular weight excluding hydrogens is 223 g/mol. The molecule has 3 nitrogen and oxygen atoms in total. The van der Waals surface area contributed by atoms with Gasteiger partial charge in [-0.05, 0) is 12.1 Å². The Morgan fingerprint density at radius 3 is 2.43 bits per heavy atom. The van der Waals surface area contributed by atoms with Crippen LogP contribution in [0.4, 0.5) is 5.69 Å². The number of anilines is 1. The Balaban J connectivity index is 2.67. The van der Waals surface area contributed by atoms with Gasteiger partial charge in [-0.1, -0.05) is 41.4 Å². The van der Waals surface area contributed by atoms with E-state index in [-0.39, 0.29) is 6.54 Å². The lowest BCUT2D eigenvalue weighted by Crippen LogP contribution is -2.39. The van der Waals surface area contributed by atoms with Crippen molar-refractivity contribution in [2.24, 2.45) is 5.73 Å². The van der Waals surface area contributed by atoms with Crippen molar-refractivity contribution >= 4 is 34.8 Å². The molecule has 0 radical (unpaired) electrons. The number of nitrogens with two attached hydrogens (primary N) is 1. The van der Waals surface area contributed by atoms with Gasteiger partial charge in [0.05, 0.1) is 0 Å². The van der Waals surface area contributed by atoms with Crippen LogP contribution in [0.25, 0.3) is 0 Å². The molecule has 76 valence electrons. The van der Waals surface area contributed by atoms with Gasteiger partial charge in [0.15, 0.2) is 0 Å². The molecule has 0 aromatic heterocycles. The number of para-hydroxylation sites is 1. The summed E-state index contributed by atoms with van der Waals surface area (Å²) in [4.78, 5) is 11.4. The number of hydrogen-bond acceptors (Lipinski definition) is 2. The number of carbonyl (C=O) groups is 1. The molecule has 0 spiro atoms. The van der Waals surface area contributed by atoms with E-state index in [0.717, 1.165) is 0 Å². The largest absolute Gasteiger partial charge is 0.327 e. The van der Waals surface area contributed by atoms with E-state index in [1.165, 1.54) is 0 Å². The van der Waals surface area contributed by atoms with Crippen LogP contribution in [0.1, 0.15) is 0 Å². The molecule has 0 saturated carbocycles. The molecule has 14 heavy (non-hydrogen) atoms. The second-order valence-corrected chi connectivity index (χ2v) is 4.21. The summed E-state index contributed by atoms with van der Waals surface area (Å²) in [7, 11) is 0. The summed E-state index contributed by atoms with van der Waals surface area (Å²) in [6, 6.07) is 8.90. The fraction of sp³-hybridized carbons (Fsp3) is 0.222. The lowest BCUT2D eigenvalue weighted by Gasteiger charge is -2.16. The van der Waals surface area contributed by atoms with Crippen LogP contribution < -0.4 is 11.1 Å². The van der Waals surface area contributed by atoms with E-state index in [1.54, 1.807) is 24.3 Å². The molecule has 0 aliphatic heterocycles. The zero-order valence-electron chi connectivity index (χ0n) is 7.34. The maximum atomic E-state index is 11.4. The summed E-state index contributed by atoms with van der Waals surface area (Å²) in [6.07, 6.45) is 0. The third-order valence-electron chi connectivity index (χ3n) is 1.62. The number of benzene rings is 1. The Morgan fingerprint density at radius 2 is 1.93 bits per heavy atom. The standard InChI is InChI=1S/C9H10Cl2N2O/c10-9(11,6-12)8(14)13-7-4-2-1-3-5-7/h1-5H,6,12H2,(H,13,14). The monoisotopic (exact) mass is 232 g/mol. The van der Waals surface area contributed by atoms with Gasteiger partial charge in [-0.2, -0.15) is 0 Å². The lowest BCUT2D eigenvalue weighted by molar-refractivity contribution is -0.116. The van der Waals surface area contributed by atoms with Gasteiger partial charge in [-0.3, -0.25) is 4.79 Å². The first-order chi connectivity index (χ1) is 6.56. The molecule has 0 saturated heterocycles. The number of alkyl halides is 2. The van der Waals surface area contributed by atoms with Gasteiger partial charge in [0.25, 0.3) is 5.91 Å². The summed E-state index contributed by atoms with van der Waals surface area (Å²) in [6.45, 7) is -0.130. The van der Waals surface area contributed by atoms with E-state index >= 15 is 0 Å². The minimum Gasteiger partial charge on any atom is -0.327 e. The number of nitrogens with one attached hydrogen (secondary N) is 1. The van der Waals surface area contributed by atoms with Gasteiger partial charge >= 0.3 is 0 Å². The second-order valence-electron chi connectivity index (χ2n) is 2.73. The molecule has 0 aliphatic rings. The van der Waals surface area contributed by atoms with Crippen molar-refractivity contribution in [1.82, 2.24) is 0 Å². The molecule has 3 N–H and O–H groups in total. The molecule has 0 atom stereocenters. The van der Waals surface area contributed by atoms with Crippen LogP contribution >= 0.6 is 23.2 Å². The molecule has 0 fully saturated rings. The van der Waals surface area contributed by atoms with Gasteiger partial charge in [0.1, 0.15) is 0 Å². The van der Waals surface area contributed by atoms with Crippen molar-refractivity contribution in [3.05, 3.63) is 30.3 Å². The van der Waals surface area contributed by atoms with Crippen LogP contribution in [0, 0.1) is 0 Å². The smallest absolute Gasteiger partial charge is 0.262 e. The highest BCUT2D eigenvalue weighted by atomic mass is 35.5. The summed E-state index contributed by atoms with van der Waals surface area (Å²) in [5, 5.41) is 2.55. The Bertz CT molecular complexity index is 314. The van der Waals surface area contributed by atoms with Crippen LogP contribution in [-0.4, -0.2) is 16.8 Å². The van der Waals surface area contributed by atoms with Crippen LogP contribution in [0.5, 0.6) is 0 Å². The van der Waals surface area contributed by atoms with Crippen LogP contribution in [0.3, 0.4) is 0 Å². The summed E-state index contributed by atoms with van der Waals surface area (Å²) >= 11 is 11.3. The first-order valence-corrected chi connectivity index (χ1v) is 4.76.